The Morgan fingerprint density at radius 1 is 0.513 bits per heavy atom. The van der Waals surface area contributed by atoms with E-state index < -0.39 is 0 Å². The number of carbonyl (C=O) groups excluding carboxylic acids is 2. The minimum atomic E-state index is -0.0190. The third-order valence-corrected chi connectivity index (χ3v) is 8.00. The lowest BCUT2D eigenvalue weighted by Gasteiger charge is -2.22. The van der Waals surface area contributed by atoms with Crippen LogP contribution >= 0.6 is 0 Å². The second-order valence-electron chi connectivity index (χ2n) is 11.2. The van der Waals surface area contributed by atoms with Crippen molar-refractivity contribution in [1.29, 1.82) is 0 Å². The first-order valence-corrected chi connectivity index (χ1v) is 16.7. The van der Waals surface area contributed by atoms with E-state index in [2.05, 4.69) is 4.90 Å². The van der Waals surface area contributed by atoms with Crippen LogP contribution in [0, 0.1) is 11.8 Å². The Bertz CT molecular complexity index is 504. The topological polar surface area (TPSA) is 76.1 Å². The lowest BCUT2D eigenvalue weighted by atomic mass is 10.0. The molecule has 0 spiro atoms. The van der Waals surface area contributed by atoms with E-state index in [0.29, 0.717) is 13.2 Å². The SMILES string of the molecule is CCC(CC)C(=O)OCCCCCCCCCN(CCCO)CCCCCCCCCOC(=O)C(CC)CC. The van der Waals surface area contributed by atoms with E-state index in [1.165, 1.54) is 64.2 Å². The van der Waals surface area contributed by atoms with Gasteiger partial charge in [-0.15, -0.1) is 0 Å². The highest BCUT2D eigenvalue weighted by atomic mass is 16.5. The molecule has 0 amide bonds. The first-order chi connectivity index (χ1) is 19.0. The van der Waals surface area contributed by atoms with Gasteiger partial charge in [-0.25, -0.2) is 0 Å². The molecular formula is C33H65NO5. The third-order valence-electron chi connectivity index (χ3n) is 8.00. The largest absolute Gasteiger partial charge is 0.465 e. The molecule has 0 aromatic heterocycles. The summed E-state index contributed by atoms with van der Waals surface area (Å²) in [7, 11) is 0. The van der Waals surface area contributed by atoms with Gasteiger partial charge in [0.1, 0.15) is 0 Å². The minimum absolute atomic E-state index is 0.0190. The monoisotopic (exact) mass is 555 g/mol. The molecule has 0 radical (unpaired) electrons. The highest BCUT2D eigenvalue weighted by molar-refractivity contribution is 5.72. The first-order valence-electron chi connectivity index (χ1n) is 16.7. The van der Waals surface area contributed by atoms with Crippen molar-refractivity contribution in [3.05, 3.63) is 0 Å². The Hall–Kier alpha value is -1.14. The van der Waals surface area contributed by atoms with Gasteiger partial charge in [-0.2, -0.15) is 0 Å². The van der Waals surface area contributed by atoms with Gasteiger partial charge in [0, 0.05) is 13.2 Å². The molecule has 0 aliphatic heterocycles. The standard InChI is InChI=1S/C33H65NO5/c1-5-30(6-2)32(36)38-28-21-17-13-9-11-15-19-24-34(26-23-27-35)25-20-16-12-10-14-18-22-29-39-33(37)31(7-3)8-4/h30-31,35H,5-29H2,1-4H3. The second-order valence-corrected chi connectivity index (χ2v) is 11.2. The van der Waals surface area contributed by atoms with Crippen molar-refractivity contribution in [1.82, 2.24) is 4.90 Å². The number of unbranched alkanes of at least 4 members (excludes halogenated alkanes) is 12. The lowest BCUT2D eigenvalue weighted by Crippen LogP contribution is -2.27. The zero-order chi connectivity index (χ0) is 29.0. The fourth-order valence-electron chi connectivity index (χ4n) is 5.10. The lowest BCUT2D eigenvalue weighted by molar-refractivity contribution is -0.149. The van der Waals surface area contributed by atoms with E-state index in [0.717, 1.165) is 77.4 Å². The van der Waals surface area contributed by atoms with E-state index in [4.69, 9.17) is 9.47 Å². The normalized spacial score (nSPS) is 11.6. The maximum atomic E-state index is 11.9. The van der Waals surface area contributed by atoms with Crippen molar-refractivity contribution in [2.75, 3.05) is 39.5 Å². The molecule has 0 aliphatic carbocycles. The molecule has 0 bridgehead atoms. The van der Waals surface area contributed by atoms with Gasteiger partial charge in [-0.1, -0.05) is 91.9 Å². The minimum Gasteiger partial charge on any atom is -0.465 e. The first kappa shape index (κ1) is 37.9. The maximum Gasteiger partial charge on any atom is 0.308 e. The number of hydrogen-bond acceptors (Lipinski definition) is 6. The van der Waals surface area contributed by atoms with Gasteiger partial charge in [0.05, 0.1) is 25.0 Å². The molecule has 0 saturated carbocycles. The molecule has 0 fully saturated rings. The fourth-order valence-corrected chi connectivity index (χ4v) is 5.10. The maximum absolute atomic E-state index is 11.9. The predicted octanol–water partition coefficient (Wildman–Crippen LogP) is 8.09. The summed E-state index contributed by atoms with van der Waals surface area (Å²) in [6, 6.07) is 0. The second kappa shape index (κ2) is 28.4. The zero-order valence-corrected chi connectivity index (χ0v) is 26.4. The number of esters is 2. The van der Waals surface area contributed by atoms with E-state index in [1.54, 1.807) is 0 Å². The van der Waals surface area contributed by atoms with Crippen LogP contribution in [-0.2, 0) is 19.1 Å². The van der Waals surface area contributed by atoms with Gasteiger partial charge in [0.25, 0.3) is 0 Å². The zero-order valence-electron chi connectivity index (χ0n) is 26.4. The Labute approximate surface area is 242 Å². The molecule has 0 atom stereocenters. The van der Waals surface area contributed by atoms with Crippen LogP contribution in [0.15, 0.2) is 0 Å². The Balaban J connectivity index is 3.69. The van der Waals surface area contributed by atoms with Crippen LogP contribution in [0.3, 0.4) is 0 Å². The summed E-state index contributed by atoms with van der Waals surface area (Å²) in [5.41, 5.74) is 0. The molecule has 0 unspecified atom stereocenters. The van der Waals surface area contributed by atoms with Gasteiger partial charge in [0.15, 0.2) is 0 Å². The van der Waals surface area contributed by atoms with Crippen molar-refractivity contribution in [2.24, 2.45) is 11.8 Å². The highest BCUT2D eigenvalue weighted by Gasteiger charge is 2.15. The van der Waals surface area contributed by atoms with E-state index in [1.807, 2.05) is 27.7 Å². The molecule has 0 saturated heterocycles. The fraction of sp³-hybridized carbons (Fsp3) is 0.939. The number of rotatable bonds is 29. The van der Waals surface area contributed by atoms with Crippen LogP contribution < -0.4 is 0 Å². The summed E-state index contributed by atoms with van der Waals surface area (Å²) in [6.45, 7) is 12.9. The van der Waals surface area contributed by atoms with Gasteiger partial charge < -0.3 is 19.5 Å². The molecule has 0 aromatic rings. The number of ether oxygens (including phenoxy) is 2. The molecule has 1 N–H and O–H groups in total. The highest BCUT2D eigenvalue weighted by Crippen LogP contribution is 2.14. The van der Waals surface area contributed by atoms with Gasteiger partial charge in [0.2, 0.25) is 0 Å². The number of aliphatic hydroxyl groups is 1. The van der Waals surface area contributed by atoms with Crippen molar-refractivity contribution in [3.63, 3.8) is 0 Å². The number of aliphatic hydroxyl groups excluding tert-OH is 1. The Morgan fingerprint density at radius 2 is 0.821 bits per heavy atom. The molecule has 0 aromatic carbocycles. The molecule has 232 valence electrons. The van der Waals surface area contributed by atoms with Crippen LogP contribution in [0.5, 0.6) is 0 Å². The van der Waals surface area contributed by atoms with E-state index >= 15 is 0 Å². The van der Waals surface area contributed by atoms with Crippen molar-refractivity contribution < 1.29 is 24.2 Å². The van der Waals surface area contributed by atoms with Gasteiger partial charge in [-0.05, 0) is 70.9 Å². The average Bonchev–Trinajstić information content (AvgIpc) is 2.94. The van der Waals surface area contributed by atoms with Crippen LogP contribution in [0.25, 0.3) is 0 Å². The average molecular weight is 556 g/mol. The van der Waals surface area contributed by atoms with Crippen molar-refractivity contribution in [2.45, 2.75) is 150 Å². The summed E-state index contributed by atoms with van der Waals surface area (Å²) >= 11 is 0. The van der Waals surface area contributed by atoms with Crippen molar-refractivity contribution >= 4 is 11.9 Å². The van der Waals surface area contributed by atoms with E-state index in [-0.39, 0.29) is 30.4 Å². The summed E-state index contributed by atoms with van der Waals surface area (Å²) < 4.78 is 10.8. The van der Waals surface area contributed by atoms with Crippen LogP contribution in [0.2, 0.25) is 0 Å². The Morgan fingerprint density at radius 3 is 1.15 bits per heavy atom. The Kier molecular flexibility index (Phi) is 27.6. The van der Waals surface area contributed by atoms with Gasteiger partial charge in [-0.3, -0.25) is 9.59 Å². The third kappa shape index (κ3) is 22.3. The molecular weight excluding hydrogens is 490 g/mol. The number of hydrogen-bond donors (Lipinski definition) is 1. The summed E-state index contributed by atoms with van der Waals surface area (Å²) in [5, 5.41) is 9.26. The van der Waals surface area contributed by atoms with Crippen LogP contribution in [-0.4, -0.2) is 61.4 Å². The smallest absolute Gasteiger partial charge is 0.308 e. The summed E-state index contributed by atoms with van der Waals surface area (Å²) in [4.78, 5) is 26.3. The van der Waals surface area contributed by atoms with Crippen LogP contribution in [0.1, 0.15) is 150 Å². The quantitative estimate of drug-likeness (QED) is 0.0742. The molecule has 0 rings (SSSR count). The number of carbonyl (C=O) groups is 2. The van der Waals surface area contributed by atoms with E-state index in [9.17, 15) is 14.7 Å². The van der Waals surface area contributed by atoms with Crippen LogP contribution in [0.4, 0.5) is 0 Å². The summed E-state index contributed by atoms with van der Waals surface area (Å²) in [6.07, 6.45) is 21.1. The molecule has 39 heavy (non-hydrogen) atoms. The van der Waals surface area contributed by atoms with Gasteiger partial charge >= 0.3 is 11.9 Å². The summed E-state index contributed by atoms with van der Waals surface area (Å²) in [5.74, 6) is 0.104. The molecule has 0 aliphatic rings. The predicted molar refractivity (Wildman–Crippen MR) is 163 cm³/mol. The molecule has 6 heteroatoms. The number of nitrogens with zero attached hydrogens (tertiary/aromatic N) is 1. The molecule has 0 heterocycles. The van der Waals surface area contributed by atoms with Crippen molar-refractivity contribution in [3.8, 4) is 0 Å². The molecule has 6 nitrogen and oxygen atoms in total.